The van der Waals surface area contributed by atoms with E-state index in [4.69, 9.17) is 18.9 Å². The van der Waals surface area contributed by atoms with Gasteiger partial charge in [-0.25, -0.2) is 0 Å². The van der Waals surface area contributed by atoms with Crippen molar-refractivity contribution in [1.82, 2.24) is 4.98 Å². The molecule has 0 bridgehead atoms. The molecule has 0 amide bonds. The van der Waals surface area contributed by atoms with E-state index in [-0.39, 0.29) is 24.3 Å². The molecule has 0 aliphatic carbocycles. The third-order valence-corrected chi connectivity index (χ3v) is 4.32. The van der Waals surface area contributed by atoms with Gasteiger partial charge in [-0.3, -0.25) is 9.59 Å². The van der Waals surface area contributed by atoms with Crippen LogP contribution in [0.25, 0.3) is 0 Å². The maximum Gasteiger partial charge on any atom is 0.306 e. The van der Waals surface area contributed by atoms with Gasteiger partial charge in [-0.15, -0.1) is 0 Å². The van der Waals surface area contributed by atoms with Crippen molar-refractivity contribution in [3.8, 4) is 23.0 Å². The van der Waals surface area contributed by atoms with Gasteiger partial charge in [-0.05, 0) is 26.0 Å². The molecule has 0 unspecified atom stereocenters. The van der Waals surface area contributed by atoms with Gasteiger partial charge in [0.05, 0.1) is 39.9 Å². The maximum atomic E-state index is 12.6. The number of aromatic hydroxyl groups is 1. The molecule has 152 valence electrons. The van der Waals surface area contributed by atoms with Gasteiger partial charge in [0.1, 0.15) is 5.75 Å². The van der Waals surface area contributed by atoms with E-state index < -0.39 is 17.4 Å². The molecular formula is C20H25NO7. The summed E-state index contributed by atoms with van der Waals surface area (Å²) in [6, 6.07) is 4.75. The molecule has 0 fully saturated rings. The van der Waals surface area contributed by atoms with Crippen molar-refractivity contribution in [2.45, 2.75) is 26.2 Å². The second-order valence-corrected chi connectivity index (χ2v) is 6.07. The number of benzene rings is 1. The Balaban J connectivity index is 2.74. The molecule has 8 heteroatoms. The number of H-pyrrole nitrogens is 1. The topological polar surface area (TPSA) is 107 Å². The fourth-order valence-corrected chi connectivity index (χ4v) is 3.17. The van der Waals surface area contributed by atoms with Crippen molar-refractivity contribution in [3.63, 3.8) is 0 Å². The maximum absolute atomic E-state index is 12.6. The van der Waals surface area contributed by atoms with Gasteiger partial charge in [-0.1, -0.05) is 6.07 Å². The summed E-state index contributed by atoms with van der Waals surface area (Å²) in [5, 5.41) is 10.5. The van der Waals surface area contributed by atoms with Crippen LogP contribution in [0.4, 0.5) is 0 Å². The van der Waals surface area contributed by atoms with Crippen LogP contribution in [-0.2, 0) is 9.53 Å². The summed E-state index contributed by atoms with van der Waals surface area (Å²) in [7, 11) is 4.39. The van der Waals surface area contributed by atoms with E-state index in [1.807, 2.05) is 0 Å². The van der Waals surface area contributed by atoms with E-state index in [0.717, 1.165) is 0 Å². The number of methoxy groups -OCH3 is 3. The van der Waals surface area contributed by atoms with E-state index in [1.165, 1.54) is 27.4 Å². The van der Waals surface area contributed by atoms with E-state index in [2.05, 4.69) is 4.98 Å². The minimum absolute atomic E-state index is 0.0455. The highest BCUT2D eigenvalue weighted by Crippen LogP contribution is 2.45. The lowest BCUT2D eigenvalue weighted by Crippen LogP contribution is -2.21. The molecule has 2 rings (SSSR count). The van der Waals surface area contributed by atoms with E-state index in [0.29, 0.717) is 28.5 Å². The van der Waals surface area contributed by atoms with Gasteiger partial charge in [0, 0.05) is 17.2 Å². The van der Waals surface area contributed by atoms with Crippen molar-refractivity contribution >= 4 is 5.97 Å². The van der Waals surface area contributed by atoms with Gasteiger partial charge in [0.25, 0.3) is 5.56 Å². The number of rotatable bonds is 8. The summed E-state index contributed by atoms with van der Waals surface area (Å²) in [6.45, 7) is 3.55. The van der Waals surface area contributed by atoms with Crippen molar-refractivity contribution in [3.05, 3.63) is 45.4 Å². The number of aromatic nitrogens is 1. The van der Waals surface area contributed by atoms with Crippen LogP contribution in [0.5, 0.6) is 23.0 Å². The molecule has 0 aliphatic rings. The number of carbonyl (C=O) groups excluding carboxylic acids is 1. The first-order chi connectivity index (χ1) is 13.4. The lowest BCUT2D eigenvalue weighted by atomic mass is 9.87. The van der Waals surface area contributed by atoms with Gasteiger partial charge < -0.3 is 29.0 Å². The van der Waals surface area contributed by atoms with Gasteiger partial charge in [0.15, 0.2) is 11.5 Å². The van der Waals surface area contributed by atoms with Crippen molar-refractivity contribution < 1.29 is 28.8 Å². The fourth-order valence-electron chi connectivity index (χ4n) is 3.17. The van der Waals surface area contributed by atoms with Crippen LogP contribution in [0.2, 0.25) is 0 Å². The molecule has 1 aromatic carbocycles. The molecule has 2 N–H and O–H groups in total. The summed E-state index contributed by atoms with van der Waals surface area (Å²) in [5.74, 6) is -0.496. The standard InChI is InChI=1S/C20H25NO7/c1-6-28-16(23)10-13(17-14(22)9-11(2)21-20(17)24)12-7-8-15(25-3)19(27-5)18(12)26-4/h7-9,13H,6,10H2,1-5H3,(H2,21,22,24)/t13-/m1/s1. The summed E-state index contributed by atoms with van der Waals surface area (Å²) in [5.41, 5.74) is 0.533. The summed E-state index contributed by atoms with van der Waals surface area (Å²) in [4.78, 5) is 27.5. The van der Waals surface area contributed by atoms with Gasteiger partial charge in [-0.2, -0.15) is 0 Å². The number of aromatic amines is 1. The van der Waals surface area contributed by atoms with Crippen molar-refractivity contribution in [1.29, 1.82) is 0 Å². The normalized spacial score (nSPS) is 11.6. The average Bonchev–Trinajstić information content (AvgIpc) is 2.65. The first-order valence-corrected chi connectivity index (χ1v) is 8.75. The number of ether oxygens (including phenoxy) is 4. The molecule has 1 aromatic heterocycles. The Morgan fingerprint density at radius 1 is 1.14 bits per heavy atom. The molecule has 0 spiro atoms. The van der Waals surface area contributed by atoms with E-state index >= 15 is 0 Å². The monoisotopic (exact) mass is 391 g/mol. The van der Waals surface area contributed by atoms with Gasteiger partial charge >= 0.3 is 5.97 Å². The van der Waals surface area contributed by atoms with Crippen LogP contribution in [0.15, 0.2) is 23.0 Å². The van der Waals surface area contributed by atoms with Crippen LogP contribution in [0.3, 0.4) is 0 Å². The number of carbonyl (C=O) groups is 1. The highest BCUT2D eigenvalue weighted by molar-refractivity contribution is 5.73. The van der Waals surface area contributed by atoms with Crippen LogP contribution in [0, 0.1) is 6.92 Å². The summed E-state index contributed by atoms with van der Waals surface area (Å²) < 4.78 is 21.3. The molecule has 28 heavy (non-hydrogen) atoms. The van der Waals surface area contributed by atoms with Crippen molar-refractivity contribution in [2.24, 2.45) is 0 Å². The third kappa shape index (κ3) is 4.21. The summed E-state index contributed by atoms with van der Waals surface area (Å²) >= 11 is 0. The quantitative estimate of drug-likeness (QED) is 0.666. The molecule has 0 radical (unpaired) electrons. The molecule has 1 atom stereocenters. The lowest BCUT2D eigenvalue weighted by Gasteiger charge is -2.22. The molecule has 2 aromatic rings. The number of esters is 1. The van der Waals surface area contributed by atoms with Crippen LogP contribution in [0.1, 0.15) is 36.1 Å². The second kappa shape index (κ2) is 9.16. The minimum Gasteiger partial charge on any atom is -0.507 e. The third-order valence-electron chi connectivity index (χ3n) is 4.32. The predicted octanol–water partition coefficient (Wildman–Crippen LogP) is 2.50. The predicted molar refractivity (Wildman–Crippen MR) is 103 cm³/mol. The van der Waals surface area contributed by atoms with Crippen LogP contribution in [-0.4, -0.2) is 44.0 Å². The number of aryl methyl sites for hydroxylation is 1. The molecule has 0 aliphatic heterocycles. The largest absolute Gasteiger partial charge is 0.507 e. The summed E-state index contributed by atoms with van der Waals surface area (Å²) in [6.07, 6.45) is -0.167. The Labute approximate surface area is 163 Å². The van der Waals surface area contributed by atoms with Crippen LogP contribution >= 0.6 is 0 Å². The molecular weight excluding hydrogens is 366 g/mol. The Morgan fingerprint density at radius 3 is 2.36 bits per heavy atom. The number of pyridine rings is 1. The Morgan fingerprint density at radius 2 is 1.82 bits per heavy atom. The number of nitrogens with one attached hydrogen (secondary N) is 1. The average molecular weight is 391 g/mol. The first-order valence-electron chi connectivity index (χ1n) is 8.75. The first kappa shape index (κ1) is 21.1. The fraction of sp³-hybridized carbons (Fsp3) is 0.400. The second-order valence-electron chi connectivity index (χ2n) is 6.07. The molecule has 0 saturated carbocycles. The zero-order chi connectivity index (χ0) is 20.8. The van der Waals surface area contributed by atoms with E-state index in [1.54, 1.807) is 26.0 Å². The minimum atomic E-state index is -0.821. The van der Waals surface area contributed by atoms with E-state index in [9.17, 15) is 14.7 Å². The smallest absolute Gasteiger partial charge is 0.306 e. The molecule has 8 nitrogen and oxygen atoms in total. The Hall–Kier alpha value is -3.16. The highest BCUT2D eigenvalue weighted by Gasteiger charge is 2.30. The SMILES string of the molecule is CCOC(=O)C[C@H](c1ccc(OC)c(OC)c1OC)c1c(O)cc(C)[nH]c1=O. The zero-order valence-electron chi connectivity index (χ0n) is 16.6. The van der Waals surface area contributed by atoms with Crippen molar-refractivity contribution in [2.75, 3.05) is 27.9 Å². The zero-order valence-corrected chi connectivity index (χ0v) is 16.6. The Kier molecular flexibility index (Phi) is 6.92. The van der Waals surface area contributed by atoms with Crippen LogP contribution < -0.4 is 19.8 Å². The lowest BCUT2D eigenvalue weighted by molar-refractivity contribution is -0.143. The number of hydrogen-bond acceptors (Lipinski definition) is 7. The highest BCUT2D eigenvalue weighted by atomic mass is 16.5. The molecule has 1 heterocycles. The van der Waals surface area contributed by atoms with Gasteiger partial charge in [0.2, 0.25) is 5.75 Å². The molecule has 0 saturated heterocycles. The number of hydrogen-bond donors (Lipinski definition) is 2. The Bertz CT molecular complexity index is 904.